The average Bonchev–Trinajstić information content (AvgIpc) is 3.72. The van der Waals surface area contributed by atoms with Crippen molar-refractivity contribution in [1.82, 2.24) is 9.55 Å². The lowest BCUT2D eigenvalue weighted by molar-refractivity contribution is 0.669. The van der Waals surface area contributed by atoms with Crippen molar-refractivity contribution in [3.05, 3.63) is 170 Å². The first-order valence-electron chi connectivity index (χ1n) is 17.0. The maximum atomic E-state index is 6.58. The van der Waals surface area contributed by atoms with Gasteiger partial charge in [0.25, 0.3) is 0 Å². The standard InChI is InChI=1S/C47H28N2O/c1-2-8-29(9-3-1)31-14-17-44-40(24-31)41-25-32(30-20-22-48-23-21-30)15-18-45(41)49(44)33-16-19-46-42(26-33)43-27-38-36-12-6-4-10-34(36)35-11-5-7-13-37(35)39(38)28-47(43)50-46/h1-28H. The maximum Gasteiger partial charge on any atom is 0.136 e. The topological polar surface area (TPSA) is 31.0 Å². The van der Waals surface area contributed by atoms with Gasteiger partial charge in [0.15, 0.2) is 0 Å². The average molecular weight is 637 g/mol. The van der Waals surface area contributed by atoms with Crippen molar-refractivity contribution < 1.29 is 4.42 Å². The van der Waals surface area contributed by atoms with Crippen molar-refractivity contribution in [2.75, 3.05) is 0 Å². The van der Waals surface area contributed by atoms with Crippen LogP contribution in [0.15, 0.2) is 175 Å². The van der Waals surface area contributed by atoms with Crippen molar-refractivity contribution in [2.45, 2.75) is 0 Å². The van der Waals surface area contributed by atoms with E-state index in [1.54, 1.807) is 0 Å². The molecular formula is C47H28N2O. The van der Waals surface area contributed by atoms with Crippen molar-refractivity contribution in [3.63, 3.8) is 0 Å². The lowest BCUT2D eigenvalue weighted by atomic mass is 9.93. The van der Waals surface area contributed by atoms with Gasteiger partial charge in [0.2, 0.25) is 0 Å². The Morgan fingerprint density at radius 3 is 1.52 bits per heavy atom. The van der Waals surface area contributed by atoms with Crippen LogP contribution in [0.3, 0.4) is 0 Å². The van der Waals surface area contributed by atoms with Crippen LogP contribution in [-0.4, -0.2) is 9.55 Å². The minimum atomic E-state index is 0.889. The van der Waals surface area contributed by atoms with Gasteiger partial charge in [0, 0.05) is 39.6 Å². The van der Waals surface area contributed by atoms with Gasteiger partial charge in [-0.15, -0.1) is 0 Å². The van der Waals surface area contributed by atoms with E-state index >= 15 is 0 Å². The predicted octanol–water partition coefficient (Wildman–Crippen LogP) is 12.9. The molecule has 50 heavy (non-hydrogen) atoms. The zero-order chi connectivity index (χ0) is 32.8. The Hall–Kier alpha value is -6.71. The van der Waals surface area contributed by atoms with E-state index in [2.05, 4.69) is 167 Å². The number of benzene rings is 8. The fourth-order valence-electron chi connectivity index (χ4n) is 8.14. The van der Waals surface area contributed by atoms with Crippen molar-refractivity contribution >= 4 is 76.1 Å². The molecule has 0 fully saturated rings. The van der Waals surface area contributed by atoms with Gasteiger partial charge in [-0.1, -0.05) is 91.0 Å². The molecule has 11 aromatic rings. The number of aromatic nitrogens is 2. The quantitative estimate of drug-likeness (QED) is 0.181. The van der Waals surface area contributed by atoms with Crippen molar-refractivity contribution in [2.24, 2.45) is 0 Å². The largest absolute Gasteiger partial charge is 0.456 e. The maximum absolute atomic E-state index is 6.58. The molecule has 0 aliphatic heterocycles. The van der Waals surface area contributed by atoms with E-state index in [1.807, 2.05) is 12.4 Å². The molecule has 0 spiro atoms. The highest BCUT2D eigenvalue weighted by Gasteiger charge is 2.18. The molecule has 0 radical (unpaired) electrons. The molecule has 3 heteroatoms. The van der Waals surface area contributed by atoms with Crippen molar-refractivity contribution in [3.8, 4) is 27.9 Å². The molecule has 232 valence electrons. The molecule has 0 N–H and O–H groups in total. The van der Waals surface area contributed by atoms with Crippen molar-refractivity contribution in [1.29, 1.82) is 0 Å². The second-order valence-electron chi connectivity index (χ2n) is 13.2. The molecule has 0 aliphatic rings. The Balaban J connectivity index is 1.18. The third kappa shape index (κ3) is 3.95. The SMILES string of the molecule is c1ccc(-c2ccc3c(c2)c2cc(-c4ccncc4)ccc2n3-c2ccc3oc4cc5c6ccccc6c6ccccc6c5cc4c3c2)cc1. The first kappa shape index (κ1) is 27.3. The monoisotopic (exact) mass is 636 g/mol. The highest BCUT2D eigenvalue weighted by atomic mass is 16.3. The summed E-state index contributed by atoms with van der Waals surface area (Å²) in [6, 6.07) is 57.1. The first-order valence-corrected chi connectivity index (χ1v) is 17.0. The number of pyridine rings is 1. The van der Waals surface area contributed by atoms with Crippen LogP contribution < -0.4 is 0 Å². The van der Waals surface area contributed by atoms with Gasteiger partial charge in [-0.2, -0.15) is 0 Å². The Kier molecular flexibility index (Phi) is 5.67. The molecule has 0 saturated carbocycles. The Morgan fingerprint density at radius 1 is 0.340 bits per heavy atom. The molecule has 0 aliphatic carbocycles. The van der Waals surface area contributed by atoms with Gasteiger partial charge in [-0.25, -0.2) is 0 Å². The third-order valence-electron chi connectivity index (χ3n) is 10.5. The van der Waals surface area contributed by atoms with Gasteiger partial charge in [-0.3, -0.25) is 4.98 Å². The molecule has 3 aromatic heterocycles. The fraction of sp³-hybridized carbons (Fsp3) is 0. The fourth-order valence-corrected chi connectivity index (χ4v) is 8.14. The first-order chi connectivity index (χ1) is 24.8. The number of furan rings is 1. The number of fused-ring (bicyclic) bond motifs is 12. The second-order valence-corrected chi connectivity index (χ2v) is 13.2. The summed E-state index contributed by atoms with van der Waals surface area (Å²) in [5, 5.41) is 12.2. The summed E-state index contributed by atoms with van der Waals surface area (Å²) >= 11 is 0. The van der Waals surface area contributed by atoms with E-state index in [4.69, 9.17) is 4.42 Å². The Bertz CT molecular complexity index is 3040. The molecule has 3 nitrogen and oxygen atoms in total. The van der Waals surface area contributed by atoms with Crippen LogP contribution >= 0.6 is 0 Å². The Labute approximate surface area is 287 Å². The molecule has 0 bridgehead atoms. The van der Waals surface area contributed by atoms with Gasteiger partial charge in [0.05, 0.1) is 11.0 Å². The summed E-state index contributed by atoms with van der Waals surface area (Å²) in [5.74, 6) is 0. The van der Waals surface area contributed by atoms with E-state index in [1.165, 1.54) is 65.3 Å². The molecule has 8 aromatic carbocycles. The highest BCUT2D eigenvalue weighted by Crippen LogP contribution is 2.42. The molecule has 0 atom stereocenters. The highest BCUT2D eigenvalue weighted by molar-refractivity contribution is 6.28. The second kappa shape index (κ2) is 10.4. The van der Waals surface area contributed by atoms with Crippen LogP contribution in [0.1, 0.15) is 0 Å². The minimum Gasteiger partial charge on any atom is -0.456 e. The van der Waals surface area contributed by atoms with Crippen LogP contribution in [0.2, 0.25) is 0 Å². The summed E-state index contributed by atoms with van der Waals surface area (Å²) in [6.07, 6.45) is 3.71. The van der Waals surface area contributed by atoms with E-state index in [-0.39, 0.29) is 0 Å². The summed E-state index contributed by atoms with van der Waals surface area (Å²) in [5.41, 5.74) is 9.97. The minimum absolute atomic E-state index is 0.889. The number of nitrogens with zero attached hydrogens (tertiary/aromatic N) is 2. The molecule has 11 rings (SSSR count). The molecule has 0 unspecified atom stereocenters. The van der Waals surface area contributed by atoms with E-state index in [0.717, 1.165) is 38.7 Å². The number of hydrogen-bond donors (Lipinski definition) is 0. The molecule has 0 amide bonds. The molecule has 3 heterocycles. The lowest BCUT2D eigenvalue weighted by Crippen LogP contribution is -1.93. The molecule has 0 saturated heterocycles. The Morgan fingerprint density at radius 2 is 0.880 bits per heavy atom. The van der Waals surface area contributed by atoms with Gasteiger partial charge < -0.3 is 8.98 Å². The molecular weight excluding hydrogens is 609 g/mol. The van der Waals surface area contributed by atoms with Crippen LogP contribution in [0.4, 0.5) is 0 Å². The van der Waals surface area contributed by atoms with Gasteiger partial charge >= 0.3 is 0 Å². The van der Waals surface area contributed by atoms with E-state index in [0.29, 0.717) is 0 Å². The zero-order valence-electron chi connectivity index (χ0n) is 27.0. The van der Waals surface area contributed by atoms with Crippen LogP contribution in [-0.2, 0) is 0 Å². The summed E-state index contributed by atoms with van der Waals surface area (Å²) in [7, 11) is 0. The van der Waals surface area contributed by atoms with Crippen LogP contribution in [0.5, 0.6) is 0 Å². The summed E-state index contributed by atoms with van der Waals surface area (Å²) in [6.45, 7) is 0. The van der Waals surface area contributed by atoms with E-state index in [9.17, 15) is 0 Å². The van der Waals surface area contributed by atoms with E-state index < -0.39 is 0 Å². The smallest absolute Gasteiger partial charge is 0.136 e. The lowest BCUT2D eigenvalue weighted by Gasteiger charge is -2.10. The van der Waals surface area contributed by atoms with Gasteiger partial charge in [0.1, 0.15) is 11.2 Å². The predicted molar refractivity (Wildman–Crippen MR) is 209 cm³/mol. The number of rotatable bonds is 3. The normalized spacial score (nSPS) is 12.0. The van der Waals surface area contributed by atoms with Gasteiger partial charge in [-0.05, 0) is 121 Å². The zero-order valence-corrected chi connectivity index (χ0v) is 27.0. The third-order valence-corrected chi connectivity index (χ3v) is 10.5. The summed E-state index contributed by atoms with van der Waals surface area (Å²) in [4.78, 5) is 4.25. The summed E-state index contributed by atoms with van der Waals surface area (Å²) < 4.78 is 8.98. The number of hydrogen-bond acceptors (Lipinski definition) is 2. The van der Waals surface area contributed by atoms with Crippen LogP contribution in [0.25, 0.3) is 104 Å². The van der Waals surface area contributed by atoms with Crippen LogP contribution in [0, 0.1) is 0 Å².